The maximum atomic E-state index is 11.9. The fraction of sp³-hybridized carbons (Fsp3) is 0.769. The van der Waals surface area contributed by atoms with Gasteiger partial charge in [-0.25, -0.2) is 4.79 Å². The van der Waals surface area contributed by atoms with Crippen LogP contribution in [0.3, 0.4) is 0 Å². The summed E-state index contributed by atoms with van der Waals surface area (Å²) >= 11 is 0. The van der Waals surface area contributed by atoms with Gasteiger partial charge in [-0.3, -0.25) is 14.5 Å². The molecule has 0 aromatic heterocycles. The first kappa shape index (κ1) is 17.2. The number of methoxy groups -OCH3 is 1. The number of esters is 1. The van der Waals surface area contributed by atoms with Crippen molar-refractivity contribution in [2.45, 2.75) is 13.3 Å². The molecule has 21 heavy (non-hydrogen) atoms. The van der Waals surface area contributed by atoms with Crippen LogP contribution in [0.15, 0.2) is 0 Å². The number of carboxylic acid groups (broad SMARTS) is 1. The van der Waals surface area contributed by atoms with Crippen molar-refractivity contribution < 1.29 is 24.2 Å². The molecule has 1 heterocycles. The van der Waals surface area contributed by atoms with Gasteiger partial charge in [0.2, 0.25) is 0 Å². The van der Waals surface area contributed by atoms with Gasteiger partial charge in [0.05, 0.1) is 19.4 Å². The van der Waals surface area contributed by atoms with Gasteiger partial charge < -0.3 is 20.1 Å². The van der Waals surface area contributed by atoms with Crippen molar-refractivity contribution in [1.29, 1.82) is 0 Å². The van der Waals surface area contributed by atoms with E-state index in [0.717, 1.165) is 0 Å². The summed E-state index contributed by atoms with van der Waals surface area (Å²) in [7, 11) is 1.36. The number of piperazine rings is 1. The van der Waals surface area contributed by atoms with Crippen molar-refractivity contribution in [2.75, 3.05) is 46.4 Å². The average molecular weight is 301 g/mol. The molecule has 1 rings (SSSR count). The monoisotopic (exact) mass is 301 g/mol. The van der Waals surface area contributed by atoms with Crippen LogP contribution in [0.2, 0.25) is 0 Å². The Kier molecular flexibility index (Phi) is 6.93. The molecule has 1 fully saturated rings. The molecular weight excluding hydrogens is 278 g/mol. The van der Waals surface area contributed by atoms with E-state index in [1.807, 2.05) is 0 Å². The number of carbonyl (C=O) groups is 3. The number of nitrogens with one attached hydrogen (secondary N) is 1. The van der Waals surface area contributed by atoms with E-state index in [1.165, 1.54) is 7.11 Å². The van der Waals surface area contributed by atoms with Gasteiger partial charge in [-0.05, 0) is 0 Å². The van der Waals surface area contributed by atoms with E-state index in [0.29, 0.717) is 39.1 Å². The Morgan fingerprint density at radius 1 is 1.24 bits per heavy atom. The zero-order valence-corrected chi connectivity index (χ0v) is 12.5. The Labute approximate surface area is 124 Å². The summed E-state index contributed by atoms with van der Waals surface area (Å²) in [6.45, 7) is 4.81. The number of hydrogen-bond donors (Lipinski definition) is 2. The van der Waals surface area contributed by atoms with Crippen LogP contribution in [0.25, 0.3) is 0 Å². The zero-order valence-electron chi connectivity index (χ0n) is 12.5. The molecular formula is C13H23N3O5. The number of hydrogen-bond acceptors (Lipinski definition) is 5. The van der Waals surface area contributed by atoms with E-state index in [1.54, 1.807) is 11.8 Å². The number of nitrogens with zero attached hydrogens (tertiary/aromatic N) is 2. The highest BCUT2D eigenvalue weighted by molar-refractivity contribution is 5.76. The second-order valence-electron chi connectivity index (χ2n) is 5.08. The number of urea groups is 1. The van der Waals surface area contributed by atoms with Gasteiger partial charge >= 0.3 is 18.0 Å². The lowest BCUT2D eigenvalue weighted by atomic mass is 10.2. The first-order valence-corrected chi connectivity index (χ1v) is 6.98. The number of aliphatic carboxylic acids is 1. The summed E-state index contributed by atoms with van der Waals surface area (Å²) < 4.78 is 4.59. The molecule has 0 aromatic carbocycles. The Bertz CT molecular complexity index is 380. The zero-order chi connectivity index (χ0) is 15.8. The highest BCUT2D eigenvalue weighted by Crippen LogP contribution is 2.04. The predicted molar refractivity (Wildman–Crippen MR) is 74.8 cm³/mol. The summed E-state index contributed by atoms with van der Waals surface area (Å²) in [5, 5.41) is 11.4. The molecule has 0 radical (unpaired) electrons. The Hall–Kier alpha value is -1.83. The molecule has 0 aliphatic carbocycles. The van der Waals surface area contributed by atoms with Crippen LogP contribution in [-0.2, 0) is 14.3 Å². The molecule has 1 saturated heterocycles. The topological polar surface area (TPSA) is 99.2 Å². The molecule has 0 saturated carbocycles. The van der Waals surface area contributed by atoms with Gasteiger partial charge in [-0.2, -0.15) is 0 Å². The van der Waals surface area contributed by atoms with Crippen molar-refractivity contribution in [3.8, 4) is 0 Å². The van der Waals surface area contributed by atoms with Crippen molar-refractivity contribution in [2.24, 2.45) is 5.92 Å². The molecule has 8 heteroatoms. The highest BCUT2D eigenvalue weighted by atomic mass is 16.5. The fourth-order valence-electron chi connectivity index (χ4n) is 1.97. The SMILES string of the molecule is COC(=O)CCN1CCN(C(=O)NCC(C)C(=O)O)CC1. The standard InChI is InChI=1S/C13H23N3O5/c1-10(12(18)19)9-14-13(20)16-7-5-15(6-8-16)4-3-11(17)21-2/h10H,3-9H2,1-2H3,(H,14,20)(H,18,19). The fourth-order valence-corrected chi connectivity index (χ4v) is 1.97. The molecule has 1 unspecified atom stereocenters. The summed E-state index contributed by atoms with van der Waals surface area (Å²) in [6.07, 6.45) is 0.346. The second-order valence-corrected chi connectivity index (χ2v) is 5.08. The summed E-state index contributed by atoms with van der Waals surface area (Å²) in [6, 6.07) is -0.240. The van der Waals surface area contributed by atoms with Crippen LogP contribution in [-0.4, -0.2) is 79.3 Å². The minimum absolute atomic E-state index is 0.122. The van der Waals surface area contributed by atoms with Crippen molar-refractivity contribution in [3.05, 3.63) is 0 Å². The van der Waals surface area contributed by atoms with Gasteiger partial charge in [-0.15, -0.1) is 0 Å². The lowest BCUT2D eigenvalue weighted by Crippen LogP contribution is -2.52. The van der Waals surface area contributed by atoms with Gasteiger partial charge in [-0.1, -0.05) is 6.92 Å². The van der Waals surface area contributed by atoms with Crippen molar-refractivity contribution in [3.63, 3.8) is 0 Å². The molecule has 1 atom stereocenters. The molecule has 0 aromatic rings. The van der Waals surface area contributed by atoms with Crippen LogP contribution in [0.4, 0.5) is 4.79 Å². The van der Waals surface area contributed by atoms with Crippen LogP contribution in [0.5, 0.6) is 0 Å². The number of ether oxygens (including phenoxy) is 1. The first-order chi connectivity index (χ1) is 9.93. The van der Waals surface area contributed by atoms with Gasteiger partial charge in [0, 0.05) is 39.3 Å². The van der Waals surface area contributed by atoms with Gasteiger partial charge in [0.25, 0.3) is 0 Å². The van der Waals surface area contributed by atoms with E-state index in [2.05, 4.69) is 15.0 Å². The molecule has 2 amide bonds. The normalized spacial score (nSPS) is 17.1. The van der Waals surface area contributed by atoms with E-state index >= 15 is 0 Å². The molecule has 1 aliphatic heterocycles. The first-order valence-electron chi connectivity index (χ1n) is 6.98. The van der Waals surface area contributed by atoms with Gasteiger partial charge in [0.15, 0.2) is 0 Å². The number of carbonyl (C=O) groups excluding carboxylic acids is 2. The van der Waals surface area contributed by atoms with Crippen LogP contribution >= 0.6 is 0 Å². The number of rotatable bonds is 6. The van der Waals surface area contributed by atoms with Crippen molar-refractivity contribution >= 4 is 18.0 Å². The maximum absolute atomic E-state index is 11.9. The molecule has 1 aliphatic rings. The van der Waals surface area contributed by atoms with Gasteiger partial charge in [0.1, 0.15) is 0 Å². The maximum Gasteiger partial charge on any atom is 0.317 e. The van der Waals surface area contributed by atoms with Crippen molar-refractivity contribution in [1.82, 2.24) is 15.1 Å². The third-order valence-electron chi connectivity index (χ3n) is 3.50. The van der Waals surface area contributed by atoms with Crippen LogP contribution in [0.1, 0.15) is 13.3 Å². The lowest BCUT2D eigenvalue weighted by Gasteiger charge is -2.34. The second kappa shape index (κ2) is 8.46. The largest absolute Gasteiger partial charge is 0.481 e. The minimum Gasteiger partial charge on any atom is -0.481 e. The summed E-state index contributed by atoms with van der Waals surface area (Å²) in [5.41, 5.74) is 0. The molecule has 0 bridgehead atoms. The Morgan fingerprint density at radius 2 is 1.86 bits per heavy atom. The molecule has 8 nitrogen and oxygen atoms in total. The van der Waals surface area contributed by atoms with E-state index in [4.69, 9.17) is 5.11 Å². The predicted octanol–water partition coefficient (Wildman–Crippen LogP) is -0.403. The summed E-state index contributed by atoms with van der Waals surface area (Å²) in [4.78, 5) is 37.4. The Balaban J connectivity index is 2.24. The molecule has 120 valence electrons. The number of amides is 2. The highest BCUT2D eigenvalue weighted by Gasteiger charge is 2.22. The van der Waals surface area contributed by atoms with E-state index in [9.17, 15) is 14.4 Å². The number of carboxylic acids is 1. The van der Waals surface area contributed by atoms with Crippen LogP contribution < -0.4 is 5.32 Å². The third-order valence-corrected chi connectivity index (χ3v) is 3.50. The third kappa shape index (κ3) is 5.99. The Morgan fingerprint density at radius 3 is 2.38 bits per heavy atom. The molecule has 0 spiro atoms. The van der Waals surface area contributed by atoms with Crippen LogP contribution in [0, 0.1) is 5.92 Å². The average Bonchev–Trinajstić information content (AvgIpc) is 2.50. The summed E-state index contributed by atoms with van der Waals surface area (Å²) in [5.74, 6) is -1.77. The lowest BCUT2D eigenvalue weighted by molar-refractivity contribution is -0.142. The minimum atomic E-state index is -0.928. The van der Waals surface area contributed by atoms with E-state index < -0.39 is 11.9 Å². The molecule has 2 N–H and O–H groups in total. The van der Waals surface area contributed by atoms with E-state index in [-0.39, 0.29) is 18.5 Å². The quantitative estimate of drug-likeness (QED) is 0.648. The smallest absolute Gasteiger partial charge is 0.317 e.